The first-order chi connectivity index (χ1) is 7.75. The molecule has 0 aliphatic heterocycles. The van der Waals surface area contributed by atoms with Crippen molar-refractivity contribution in [1.82, 2.24) is 0 Å². The minimum atomic E-state index is -1.43. The Morgan fingerprint density at radius 2 is 1.94 bits per heavy atom. The lowest BCUT2D eigenvalue weighted by molar-refractivity contribution is 0.370. The molecule has 0 radical (unpaired) electrons. The first-order valence-electron chi connectivity index (χ1n) is 5.33. The van der Waals surface area contributed by atoms with Gasteiger partial charge in [-0.25, -0.2) is 0 Å². The van der Waals surface area contributed by atoms with Gasteiger partial charge in [0.25, 0.3) is 0 Å². The molecule has 1 aliphatic rings. The molecule has 16 heavy (non-hydrogen) atoms. The first kappa shape index (κ1) is 11.1. The third-order valence-corrected chi connectivity index (χ3v) is 2.37. The van der Waals surface area contributed by atoms with E-state index in [1.54, 1.807) is 24.3 Å². The molecule has 2 N–H and O–H groups in total. The second kappa shape index (κ2) is 5.06. The first-order valence-corrected chi connectivity index (χ1v) is 5.33. The van der Waals surface area contributed by atoms with Crippen molar-refractivity contribution in [2.75, 3.05) is 6.61 Å². The van der Waals surface area contributed by atoms with Gasteiger partial charge in [-0.2, -0.15) is 0 Å². The lowest BCUT2D eigenvalue weighted by Crippen LogP contribution is -2.29. The lowest BCUT2D eigenvalue weighted by Gasteiger charge is -2.03. The summed E-state index contributed by atoms with van der Waals surface area (Å²) in [6, 6.07) is 6.64. The van der Waals surface area contributed by atoms with Gasteiger partial charge in [0.05, 0.1) is 0 Å². The fraction of sp³-hybridized carbons (Fsp3) is 0.333. The van der Waals surface area contributed by atoms with Gasteiger partial charge in [-0.15, -0.1) is 0 Å². The number of hydrogen-bond donors (Lipinski definition) is 2. The average molecular weight is 216 g/mol. The van der Waals surface area contributed by atoms with Crippen LogP contribution >= 0.6 is 0 Å². The number of ether oxygens (including phenoxy) is 1. The van der Waals surface area contributed by atoms with E-state index in [-0.39, 0.29) is 0 Å². The van der Waals surface area contributed by atoms with E-state index in [2.05, 4.69) is 11.8 Å². The van der Waals surface area contributed by atoms with Crippen molar-refractivity contribution in [3.8, 4) is 17.6 Å². The van der Waals surface area contributed by atoms with E-state index >= 15 is 0 Å². The molecule has 0 aromatic heterocycles. The Kier molecular flexibility index (Phi) is 3.50. The Balaban J connectivity index is 1.83. The van der Waals surface area contributed by atoms with E-state index in [0.29, 0.717) is 23.7 Å². The van der Waals surface area contributed by atoms with Gasteiger partial charge in [0.1, 0.15) is 12.4 Å². The molecule has 1 saturated carbocycles. The standard InChI is InChI=1S/C12H13BO3/c14-13(15)11-5-7-12(8-6-11)16-9-1-2-10-3-4-10/h5-8,10,14-15H,3-4,9H2. The van der Waals surface area contributed by atoms with Crippen molar-refractivity contribution in [2.24, 2.45) is 5.92 Å². The van der Waals surface area contributed by atoms with Crippen LogP contribution in [0.25, 0.3) is 0 Å². The number of benzene rings is 1. The zero-order valence-corrected chi connectivity index (χ0v) is 8.89. The summed E-state index contributed by atoms with van der Waals surface area (Å²) in [7, 11) is -1.43. The molecule has 1 aromatic rings. The van der Waals surface area contributed by atoms with Crippen LogP contribution in [-0.4, -0.2) is 23.8 Å². The maximum absolute atomic E-state index is 8.89. The van der Waals surface area contributed by atoms with Crippen molar-refractivity contribution >= 4 is 12.6 Å². The second-order valence-electron chi connectivity index (χ2n) is 3.83. The summed E-state index contributed by atoms with van der Waals surface area (Å²) in [6.45, 7) is 0.386. The lowest BCUT2D eigenvalue weighted by atomic mass is 9.80. The third-order valence-electron chi connectivity index (χ3n) is 2.37. The second-order valence-corrected chi connectivity index (χ2v) is 3.83. The molecule has 1 aromatic carbocycles. The summed E-state index contributed by atoms with van der Waals surface area (Å²) in [5, 5.41) is 17.8. The Labute approximate surface area is 95.2 Å². The zero-order chi connectivity index (χ0) is 11.4. The Morgan fingerprint density at radius 3 is 2.50 bits per heavy atom. The summed E-state index contributed by atoms with van der Waals surface area (Å²) in [4.78, 5) is 0. The summed E-state index contributed by atoms with van der Waals surface area (Å²) < 4.78 is 5.38. The largest absolute Gasteiger partial charge is 0.488 e. The SMILES string of the molecule is OB(O)c1ccc(OCC#CC2CC2)cc1. The maximum Gasteiger partial charge on any atom is 0.488 e. The van der Waals surface area contributed by atoms with Crippen LogP contribution in [0.2, 0.25) is 0 Å². The molecular formula is C12H13BO3. The van der Waals surface area contributed by atoms with E-state index in [9.17, 15) is 0 Å². The van der Waals surface area contributed by atoms with Crippen LogP contribution in [0.15, 0.2) is 24.3 Å². The van der Waals surface area contributed by atoms with Crippen LogP contribution in [0.5, 0.6) is 5.75 Å². The van der Waals surface area contributed by atoms with Crippen LogP contribution in [0, 0.1) is 17.8 Å². The molecule has 1 aliphatic carbocycles. The van der Waals surface area contributed by atoms with E-state index in [0.717, 1.165) is 0 Å². The van der Waals surface area contributed by atoms with Crippen molar-refractivity contribution in [3.05, 3.63) is 24.3 Å². The van der Waals surface area contributed by atoms with E-state index in [4.69, 9.17) is 14.8 Å². The molecule has 0 amide bonds. The predicted octanol–water partition coefficient (Wildman–Crippen LogP) is 0.159. The highest BCUT2D eigenvalue weighted by molar-refractivity contribution is 6.58. The molecule has 0 atom stereocenters. The highest BCUT2D eigenvalue weighted by Gasteiger charge is 2.17. The molecular weight excluding hydrogens is 203 g/mol. The van der Waals surface area contributed by atoms with Crippen molar-refractivity contribution in [1.29, 1.82) is 0 Å². The van der Waals surface area contributed by atoms with Gasteiger partial charge in [0.15, 0.2) is 0 Å². The normalized spacial score (nSPS) is 13.9. The van der Waals surface area contributed by atoms with E-state index < -0.39 is 7.12 Å². The van der Waals surface area contributed by atoms with Crippen LogP contribution in [0.3, 0.4) is 0 Å². The number of rotatable bonds is 3. The minimum absolute atomic E-state index is 0.386. The fourth-order valence-corrected chi connectivity index (χ4v) is 1.27. The molecule has 0 heterocycles. The maximum atomic E-state index is 8.89. The molecule has 0 bridgehead atoms. The Hall–Kier alpha value is -1.44. The van der Waals surface area contributed by atoms with Gasteiger partial charge in [-0.3, -0.25) is 0 Å². The Morgan fingerprint density at radius 1 is 1.25 bits per heavy atom. The summed E-state index contributed by atoms with van der Waals surface area (Å²) in [6.07, 6.45) is 2.44. The highest BCUT2D eigenvalue weighted by atomic mass is 16.5. The quantitative estimate of drug-likeness (QED) is 0.558. The van der Waals surface area contributed by atoms with Crippen LogP contribution in [0.1, 0.15) is 12.8 Å². The van der Waals surface area contributed by atoms with Crippen molar-refractivity contribution < 1.29 is 14.8 Å². The summed E-state index contributed by atoms with van der Waals surface area (Å²) in [5.74, 6) is 7.35. The zero-order valence-electron chi connectivity index (χ0n) is 8.89. The fourth-order valence-electron chi connectivity index (χ4n) is 1.27. The van der Waals surface area contributed by atoms with Gasteiger partial charge < -0.3 is 14.8 Å². The molecule has 0 spiro atoms. The molecule has 4 heteroatoms. The molecule has 82 valence electrons. The molecule has 2 rings (SSSR count). The summed E-state index contributed by atoms with van der Waals surface area (Å²) >= 11 is 0. The van der Waals surface area contributed by atoms with Gasteiger partial charge >= 0.3 is 7.12 Å². The highest BCUT2D eigenvalue weighted by Crippen LogP contribution is 2.27. The van der Waals surface area contributed by atoms with Gasteiger partial charge in [0.2, 0.25) is 0 Å². The number of hydrogen-bond acceptors (Lipinski definition) is 3. The van der Waals surface area contributed by atoms with E-state index in [1.165, 1.54) is 12.8 Å². The van der Waals surface area contributed by atoms with Crippen molar-refractivity contribution in [2.45, 2.75) is 12.8 Å². The third kappa shape index (κ3) is 3.30. The van der Waals surface area contributed by atoms with Gasteiger partial charge in [0, 0.05) is 5.92 Å². The van der Waals surface area contributed by atoms with Crippen LogP contribution in [-0.2, 0) is 0 Å². The van der Waals surface area contributed by atoms with Crippen molar-refractivity contribution in [3.63, 3.8) is 0 Å². The molecule has 3 nitrogen and oxygen atoms in total. The van der Waals surface area contributed by atoms with Crippen LogP contribution in [0.4, 0.5) is 0 Å². The van der Waals surface area contributed by atoms with Gasteiger partial charge in [-0.05, 0) is 30.4 Å². The predicted molar refractivity (Wildman–Crippen MR) is 62.3 cm³/mol. The molecule has 0 unspecified atom stereocenters. The average Bonchev–Trinajstić information content (AvgIpc) is 3.09. The smallest absolute Gasteiger partial charge is 0.481 e. The monoisotopic (exact) mass is 216 g/mol. The topological polar surface area (TPSA) is 49.7 Å². The van der Waals surface area contributed by atoms with E-state index in [1.807, 2.05) is 0 Å². The molecule has 0 saturated heterocycles. The van der Waals surface area contributed by atoms with Gasteiger partial charge in [-0.1, -0.05) is 24.0 Å². The summed E-state index contributed by atoms with van der Waals surface area (Å²) in [5.41, 5.74) is 0.455. The molecule has 1 fully saturated rings. The van der Waals surface area contributed by atoms with Crippen LogP contribution < -0.4 is 10.2 Å². The minimum Gasteiger partial charge on any atom is -0.481 e. The Bertz CT molecular complexity index is 399.